The molecule has 1 aromatic carbocycles. The maximum absolute atomic E-state index is 11.7. The van der Waals surface area contributed by atoms with Crippen LogP contribution in [0.1, 0.15) is 18.4 Å². The van der Waals surface area contributed by atoms with Crippen LogP contribution in [0, 0.1) is 5.92 Å². The lowest BCUT2D eigenvalue weighted by molar-refractivity contribution is -0.120. The van der Waals surface area contributed by atoms with Crippen LogP contribution in [0.5, 0.6) is 5.75 Å². The molecule has 0 bridgehead atoms. The van der Waals surface area contributed by atoms with Gasteiger partial charge in [-0.2, -0.15) is 0 Å². The van der Waals surface area contributed by atoms with Crippen LogP contribution in [0.4, 0.5) is 0 Å². The Morgan fingerprint density at radius 3 is 2.70 bits per heavy atom. The minimum Gasteiger partial charge on any atom is -0.495 e. The standard InChI is InChI=1S/C13H16ClNO4S/c1-19-11-5-4-10(6-12(11)20(14,17)18)7-13(16)15-8-9-2-3-9/h4-6,9H,2-3,7-8H2,1H3,(H,15,16). The van der Waals surface area contributed by atoms with Gasteiger partial charge in [-0.25, -0.2) is 8.42 Å². The molecule has 0 spiro atoms. The number of rotatable bonds is 6. The number of hydrogen-bond donors (Lipinski definition) is 1. The van der Waals surface area contributed by atoms with Gasteiger partial charge in [0.2, 0.25) is 5.91 Å². The van der Waals surface area contributed by atoms with Crippen molar-refractivity contribution >= 4 is 25.6 Å². The van der Waals surface area contributed by atoms with E-state index in [1.807, 2.05) is 0 Å². The van der Waals surface area contributed by atoms with E-state index >= 15 is 0 Å². The summed E-state index contributed by atoms with van der Waals surface area (Å²) in [7, 11) is 2.81. The van der Waals surface area contributed by atoms with Crippen LogP contribution in [0.3, 0.4) is 0 Å². The highest BCUT2D eigenvalue weighted by atomic mass is 35.7. The lowest BCUT2D eigenvalue weighted by Gasteiger charge is -2.09. The van der Waals surface area contributed by atoms with Crippen molar-refractivity contribution in [3.63, 3.8) is 0 Å². The fourth-order valence-corrected chi connectivity index (χ4v) is 2.90. The molecule has 1 fully saturated rings. The third kappa shape index (κ3) is 4.11. The first-order valence-corrected chi connectivity index (χ1v) is 8.59. The predicted octanol–water partition coefficient (Wildman–Crippen LogP) is 1.69. The number of benzene rings is 1. The molecule has 1 aliphatic rings. The van der Waals surface area contributed by atoms with Crippen LogP contribution >= 0.6 is 10.7 Å². The van der Waals surface area contributed by atoms with Crippen molar-refractivity contribution in [3.05, 3.63) is 23.8 Å². The molecule has 0 saturated heterocycles. The summed E-state index contributed by atoms with van der Waals surface area (Å²) in [5, 5.41) is 2.83. The summed E-state index contributed by atoms with van der Waals surface area (Å²) in [5.41, 5.74) is 0.582. The summed E-state index contributed by atoms with van der Waals surface area (Å²) in [6.07, 6.45) is 2.45. The Balaban J connectivity index is 2.09. The summed E-state index contributed by atoms with van der Waals surface area (Å²) in [6.45, 7) is 0.690. The Morgan fingerprint density at radius 1 is 1.45 bits per heavy atom. The molecule has 1 saturated carbocycles. The van der Waals surface area contributed by atoms with Gasteiger partial charge in [-0.15, -0.1) is 0 Å². The second kappa shape index (κ2) is 6.01. The molecule has 0 heterocycles. The highest BCUT2D eigenvalue weighted by Crippen LogP contribution is 2.28. The lowest BCUT2D eigenvalue weighted by Crippen LogP contribution is -2.27. The van der Waals surface area contributed by atoms with Crippen molar-refractivity contribution in [3.8, 4) is 5.75 Å². The van der Waals surface area contributed by atoms with E-state index in [9.17, 15) is 13.2 Å². The lowest BCUT2D eigenvalue weighted by atomic mass is 10.1. The highest BCUT2D eigenvalue weighted by molar-refractivity contribution is 8.13. The van der Waals surface area contributed by atoms with Crippen LogP contribution in [0.15, 0.2) is 23.1 Å². The van der Waals surface area contributed by atoms with Gasteiger partial charge in [0.05, 0.1) is 13.5 Å². The zero-order chi connectivity index (χ0) is 14.8. The fraction of sp³-hybridized carbons (Fsp3) is 0.462. The molecular weight excluding hydrogens is 302 g/mol. The Hall–Kier alpha value is -1.27. The van der Waals surface area contributed by atoms with E-state index in [1.165, 1.54) is 19.2 Å². The first-order chi connectivity index (χ1) is 9.40. The van der Waals surface area contributed by atoms with Crippen LogP contribution in [0.2, 0.25) is 0 Å². The maximum Gasteiger partial charge on any atom is 0.264 e. The minimum atomic E-state index is -3.90. The third-order valence-corrected chi connectivity index (χ3v) is 4.48. The van der Waals surface area contributed by atoms with E-state index in [2.05, 4.69) is 5.32 Å². The molecule has 1 aromatic rings. The first-order valence-electron chi connectivity index (χ1n) is 6.28. The summed E-state index contributed by atoms with van der Waals surface area (Å²) in [6, 6.07) is 4.53. The number of nitrogens with one attached hydrogen (secondary N) is 1. The smallest absolute Gasteiger partial charge is 0.264 e. The van der Waals surface area contributed by atoms with Gasteiger partial charge in [-0.1, -0.05) is 6.07 Å². The van der Waals surface area contributed by atoms with Crippen molar-refractivity contribution in [2.24, 2.45) is 5.92 Å². The molecule has 7 heteroatoms. The zero-order valence-electron chi connectivity index (χ0n) is 11.1. The quantitative estimate of drug-likeness (QED) is 0.810. The molecule has 1 amide bonds. The van der Waals surface area contributed by atoms with Gasteiger partial charge in [0, 0.05) is 17.2 Å². The Bertz CT molecular complexity index is 611. The fourth-order valence-electron chi connectivity index (χ4n) is 1.85. The van der Waals surface area contributed by atoms with E-state index in [0.717, 1.165) is 12.8 Å². The van der Waals surface area contributed by atoms with Gasteiger partial charge < -0.3 is 10.1 Å². The molecule has 0 atom stereocenters. The SMILES string of the molecule is COc1ccc(CC(=O)NCC2CC2)cc1S(=O)(=O)Cl. The second-order valence-electron chi connectivity index (χ2n) is 4.85. The van der Waals surface area contributed by atoms with E-state index in [-0.39, 0.29) is 23.0 Å². The molecule has 1 N–H and O–H groups in total. The van der Waals surface area contributed by atoms with Crippen LogP contribution in [-0.4, -0.2) is 28.0 Å². The molecule has 0 unspecified atom stereocenters. The molecule has 5 nitrogen and oxygen atoms in total. The predicted molar refractivity (Wildman–Crippen MR) is 75.5 cm³/mol. The number of amides is 1. The van der Waals surface area contributed by atoms with Gasteiger partial charge in [-0.05, 0) is 36.5 Å². The van der Waals surface area contributed by atoms with Crippen LogP contribution < -0.4 is 10.1 Å². The molecule has 110 valence electrons. The van der Waals surface area contributed by atoms with E-state index < -0.39 is 9.05 Å². The number of halogens is 1. The molecular formula is C13H16ClNO4S. The minimum absolute atomic E-state index is 0.117. The number of hydrogen-bond acceptors (Lipinski definition) is 4. The maximum atomic E-state index is 11.7. The molecule has 1 aliphatic carbocycles. The van der Waals surface area contributed by atoms with Crippen molar-refractivity contribution in [2.45, 2.75) is 24.2 Å². The summed E-state index contributed by atoms with van der Waals surface area (Å²) in [5.74, 6) is 0.649. The van der Waals surface area contributed by atoms with E-state index in [1.54, 1.807) is 6.07 Å². The van der Waals surface area contributed by atoms with Crippen molar-refractivity contribution in [2.75, 3.05) is 13.7 Å². The number of carbonyl (C=O) groups excluding carboxylic acids is 1. The number of carbonyl (C=O) groups is 1. The van der Waals surface area contributed by atoms with Gasteiger partial charge in [-0.3, -0.25) is 4.79 Å². The van der Waals surface area contributed by atoms with Crippen molar-refractivity contribution in [1.82, 2.24) is 5.32 Å². The largest absolute Gasteiger partial charge is 0.495 e. The highest BCUT2D eigenvalue weighted by Gasteiger charge is 2.22. The zero-order valence-corrected chi connectivity index (χ0v) is 12.6. The van der Waals surface area contributed by atoms with Crippen molar-refractivity contribution in [1.29, 1.82) is 0 Å². The monoisotopic (exact) mass is 317 g/mol. The van der Waals surface area contributed by atoms with Gasteiger partial charge >= 0.3 is 0 Å². The van der Waals surface area contributed by atoms with Gasteiger partial charge in [0.25, 0.3) is 9.05 Å². The Labute approximate surface area is 122 Å². The van der Waals surface area contributed by atoms with Crippen LogP contribution in [-0.2, 0) is 20.3 Å². The van der Waals surface area contributed by atoms with Gasteiger partial charge in [0.1, 0.15) is 10.6 Å². The molecule has 0 aliphatic heterocycles. The number of ether oxygens (including phenoxy) is 1. The van der Waals surface area contributed by atoms with Crippen molar-refractivity contribution < 1.29 is 17.9 Å². The molecule has 2 rings (SSSR count). The molecule has 0 radical (unpaired) electrons. The Morgan fingerprint density at radius 2 is 2.15 bits per heavy atom. The van der Waals surface area contributed by atoms with Crippen LogP contribution in [0.25, 0.3) is 0 Å². The summed E-state index contributed by atoms with van der Waals surface area (Å²) >= 11 is 0. The van der Waals surface area contributed by atoms with E-state index in [4.69, 9.17) is 15.4 Å². The second-order valence-corrected chi connectivity index (χ2v) is 7.38. The Kier molecular flexibility index (Phi) is 4.55. The van der Waals surface area contributed by atoms with Gasteiger partial charge in [0.15, 0.2) is 0 Å². The third-order valence-electron chi connectivity index (χ3n) is 3.14. The average Bonchev–Trinajstić information content (AvgIpc) is 3.19. The summed E-state index contributed by atoms with van der Waals surface area (Å²) < 4.78 is 27.9. The normalized spacial score (nSPS) is 14.9. The summed E-state index contributed by atoms with van der Waals surface area (Å²) in [4.78, 5) is 11.6. The molecule has 0 aromatic heterocycles. The van der Waals surface area contributed by atoms with E-state index in [0.29, 0.717) is 18.0 Å². The topological polar surface area (TPSA) is 72.5 Å². The molecule has 20 heavy (non-hydrogen) atoms. The first kappa shape index (κ1) is 15.1. The number of methoxy groups -OCH3 is 1. The average molecular weight is 318 g/mol.